The van der Waals surface area contributed by atoms with Gasteiger partial charge in [0.2, 0.25) is 0 Å². The average molecular weight is 717 g/mol. The Balaban J connectivity index is 0.903. The van der Waals surface area contributed by atoms with Crippen molar-refractivity contribution in [3.05, 3.63) is 194 Å². The van der Waals surface area contributed by atoms with Crippen molar-refractivity contribution < 1.29 is 8.83 Å². The van der Waals surface area contributed by atoms with Crippen molar-refractivity contribution in [2.45, 2.75) is 0 Å². The van der Waals surface area contributed by atoms with E-state index in [0.29, 0.717) is 5.58 Å². The van der Waals surface area contributed by atoms with Crippen molar-refractivity contribution in [1.29, 1.82) is 0 Å². The van der Waals surface area contributed by atoms with E-state index in [1.165, 1.54) is 22.3 Å². The van der Waals surface area contributed by atoms with Crippen LogP contribution in [0, 0.1) is 0 Å². The van der Waals surface area contributed by atoms with Crippen molar-refractivity contribution in [2.75, 3.05) is 0 Å². The summed E-state index contributed by atoms with van der Waals surface area (Å²) in [5.41, 5.74) is 17.2. The third-order valence-corrected chi connectivity index (χ3v) is 10.8. The van der Waals surface area contributed by atoms with Gasteiger partial charge in [-0.3, -0.25) is 0 Å². The first-order valence-electron chi connectivity index (χ1n) is 18.8. The van der Waals surface area contributed by atoms with Crippen LogP contribution in [-0.2, 0) is 0 Å². The molecule has 3 aromatic heterocycles. The summed E-state index contributed by atoms with van der Waals surface area (Å²) in [6.45, 7) is 0. The Morgan fingerprint density at radius 1 is 0.304 bits per heavy atom. The van der Waals surface area contributed by atoms with Gasteiger partial charge in [0.25, 0.3) is 0 Å². The minimum absolute atomic E-state index is 0.679. The summed E-state index contributed by atoms with van der Waals surface area (Å²) < 4.78 is 12.8. The molecule has 3 heterocycles. The van der Waals surface area contributed by atoms with Crippen LogP contribution in [0.2, 0.25) is 0 Å². The number of hydrogen-bond acceptors (Lipinski definition) is 4. The minimum atomic E-state index is 0.679. The first-order chi connectivity index (χ1) is 27.7. The SMILES string of the molecule is c1ccc(-c2ccc(-c3cccc(-c4ccc5oc6c(-c7cccc(-c8ccc(-c9cccc%10c9oc9ccccc9%10)cc8)c7)ncnc6c5c4)c3)cc2)cc1. The van der Waals surface area contributed by atoms with Gasteiger partial charge in [0.05, 0.1) is 0 Å². The minimum Gasteiger partial charge on any atom is -0.455 e. The van der Waals surface area contributed by atoms with Gasteiger partial charge in [0, 0.05) is 27.3 Å². The molecule has 0 bridgehead atoms. The van der Waals surface area contributed by atoms with Crippen molar-refractivity contribution in [2.24, 2.45) is 0 Å². The van der Waals surface area contributed by atoms with Gasteiger partial charge in [0.15, 0.2) is 5.58 Å². The van der Waals surface area contributed by atoms with Gasteiger partial charge in [-0.25, -0.2) is 9.97 Å². The van der Waals surface area contributed by atoms with Crippen LogP contribution in [0.15, 0.2) is 203 Å². The van der Waals surface area contributed by atoms with Crippen molar-refractivity contribution in [3.8, 4) is 66.9 Å². The quantitative estimate of drug-likeness (QED) is 0.172. The molecule has 262 valence electrons. The maximum atomic E-state index is 6.50. The van der Waals surface area contributed by atoms with E-state index in [4.69, 9.17) is 18.8 Å². The average Bonchev–Trinajstić information content (AvgIpc) is 3.85. The molecule has 0 spiro atoms. The van der Waals surface area contributed by atoms with Gasteiger partial charge in [-0.2, -0.15) is 0 Å². The van der Waals surface area contributed by atoms with Crippen LogP contribution in [0.4, 0.5) is 0 Å². The van der Waals surface area contributed by atoms with Gasteiger partial charge >= 0.3 is 0 Å². The predicted molar refractivity (Wildman–Crippen MR) is 229 cm³/mol. The predicted octanol–water partition coefficient (Wildman–Crippen LogP) is 14.3. The number of hydrogen-bond donors (Lipinski definition) is 0. The van der Waals surface area contributed by atoms with Crippen molar-refractivity contribution >= 4 is 44.0 Å². The van der Waals surface area contributed by atoms with E-state index in [9.17, 15) is 0 Å². The monoisotopic (exact) mass is 716 g/mol. The van der Waals surface area contributed by atoms with Gasteiger partial charge in [0.1, 0.15) is 34.3 Å². The van der Waals surface area contributed by atoms with E-state index >= 15 is 0 Å². The Morgan fingerprint density at radius 3 is 1.57 bits per heavy atom. The number of aromatic nitrogens is 2. The molecular formula is C52H32N2O2. The lowest BCUT2D eigenvalue weighted by atomic mass is 9.96. The molecule has 0 amide bonds. The molecule has 0 N–H and O–H groups in total. The molecule has 0 atom stereocenters. The summed E-state index contributed by atoms with van der Waals surface area (Å²) in [4.78, 5) is 9.47. The van der Waals surface area contributed by atoms with Crippen LogP contribution >= 0.6 is 0 Å². The highest BCUT2D eigenvalue weighted by Gasteiger charge is 2.17. The Labute approximate surface area is 323 Å². The Hall–Kier alpha value is -7.56. The van der Waals surface area contributed by atoms with Crippen molar-refractivity contribution in [1.82, 2.24) is 9.97 Å². The van der Waals surface area contributed by atoms with E-state index < -0.39 is 0 Å². The molecular weight excluding hydrogens is 685 g/mol. The Bertz CT molecular complexity index is 3230. The van der Waals surface area contributed by atoms with Gasteiger partial charge in [-0.15, -0.1) is 0 Å². The summed E-state index contributed by atoms with van der Waals surface area (Å²) in [6, 6.07) is 66.0. The highest BCUT2D eigenvalue weighted by molar-refractivity contribution is 6.10. The second kappa shape index (κ2) is 13.1. The fraction of sp³-hybridized carbons (Fsp3) is 0. The van der Waals surface area contributed by atoms with Crippen LogP contribution in [0.3, 0.4) is 0 Å². The van der Waals surface area contributed by atoms with Crippen LogP contribution in [-0.4, -0.2) is 9.97 Å². The van der Waals surface area contributed by atoms with E-state index in [2.05, 4.69) is 164 Å². The van der Waals surface area contributed by atoms with Gasteiger partial charge in [-0.05, 0) is 80.4 Å². The molecule has 0 aliphatic heterocycles. The molecule has 0 unspecified atom stereocenters. The third-order valence-electron chi connectivity index (χ3n) is 10.8. The lowest BCUT2D eigenvalue weighted by molar-refractivity contribution is 0.667. The summed E-state index contributed by atoms with van der Waals surface area (Å²) in [5, 5.41) is 3.22. The fourth-order valence-corrected chi connectivity index (χ4v) is 7.99. The number of nitrogens with zero attached hydrogens (tertiary/aromatic N) is 2. The van der Waals surface area contributed by atoms with Crippen LogP contribution in [0.1, 0.15) is 0 Å². The van der Waals surface area contributed by atoms with Gasteiger partial charge in [-0.1, -0.05) is 158 Å². The molecule has 4 heteroatoms. The molecule has 0 radical (unpaired) electrons. The highest BCUT2D eigenvalue weighted by atomic mass is 16.3. The molecule has 0 fully saturated rings. The lowest BCUT2D eigenvalue weighted by Crippen LogP contribution is -1.88. The zero-order chi connectivity index (χ0) is 37.0. The van der Waals surface area contributed by atoms with Crippen LogP contribution in [0.25, 0.3) is 111 Å². The molecule has 4 nitrogen and oxygen atoms in total. The number of furan rings is 2. The molecule has 0 aliphatic carbocycles. The van der Waals surface area contributed by atoms with Crippen molar-refractivity contribution in [3.63, 3.8) is 0 Å². The third kappa shape index (κ3) is 5.47. The molecule has 8 aromatic carbocycles. The zero-order valence-electron chi connectivity index (χ0n) is 30.2. The zero-order valence-corrected chi connectivity index (χ0v) is 30.2. The summed E-state index contributed by atoms with van der Waals surface area (Å²) in [6.07, 6.45) is 1.64. The largest absolute Gasteiger partial charge is 0.455 e. The second-order valence-corrected chi connectivity index (χ2v) is 14.2. The summed E-state index contributed by atoms with van der Waals surface area (Å²) in [5.74, 6) is 0. The molecule has 0 saturated carbocycles. The molecule has 56 heavy (non-hydrogen) atoms. The topological polar surface area (TPSA) is 52.1 Å². The maximum absolute atomic E-state index is 6.50. The standard InChI is InChI=1S/C52H32N2O2/c1-2-9-33(10-3-1)34-19-21-35(22-20-34)38-11-6-13-40(29-38)41-27-28-48-46(31-41)50-52(56-48)49(53-32-54-50)42-14-7-12-39(30-42)36-23-25-37(26-24-36)43-16-8-17-45-44-15-4-5-18-47(44)55-51(43)45/h1-32H. The fourth-order valence-electron chi connectivity index (χ4n) is 7.99. The first-order valence-corrected chi connectivity index (χ1v) is 18.8. The normalized spacial score (nSPS) is 11.6. The maximum Gasteiger partial charge on any atom is 0.180 e. The molecule has 0 saturated heterocycles. The van der Waals surface area contributed by atoms with E-state index in [1.54, 1.807) is 6.33 Å². The van der Waals surface area contributed by atoms with E-state index in [-0.39, 0.29) is 0 Å². The number of benzene rings is 8. The van der Waals surface area contributed by atoms with E-state index in [0.717, 1.165) is 83.1 Å². The highest BCUT2D eigenvalue weighted by Crippen LogP contribution is 2.39. The Morgan fingerprint density at radius 2 is 0.804 bits per heavy atom. The smallest absolute Gasteiger partial charge is 0.180 e. The second-order valence-electron chi connectivity index (χ2n) is 14.2. The van der Waals surface area contributed by atoms with Crippen LogP contribution in [0.5, 0.6) is 0 Å². The molecule has 11 rings (SSSR count). The summed E-state index contributed by atoms with van der Waals surface area (Å²) >= 11 is 0. The molecule has 0 aliphatic rings. The lowest BCUT2D eigenvalue weighted by Gasteiger charge is -2.08. The van der Waals surface area contributed by atoms with Crippen LogP contribution < -0.4 is 0 Å². The number of fused-ring (bicyclic) bond motifs is 6. The van der Waals surface area contributed by atoms with E-state index in [1.807, 2.05) is 24.3 Å². The number of para-hydroxylation sites is 2. The Kier molecular flexibility index (Phi) is 7.46. The first kappa shape index (κ1) is 31.9. The number of rotatable bonds is 6. The van der Waals surface area contributed by atoms with Gasteiger partial charge < -0.3 is 8.83 Å². The molecule has 11 aromatic rings. The summed E-state index contributed by atoms with van der Waals surface area (Å²) in [7, 11) is 0.